The fourth-order valence-corrected chi connectivity index (χ4v) is 2.36. The molecule has 0 aliphatic heterocycles. The van der Waals surface area contributed by atoms with Gasteiger partial charge in [0.1, 0.15) is 16.5 Å². The van der Waals surface area contributed by atoms with Crippen molar-refractivity contribution in [3.63, 3.8) is 0 Å². The van der Waals surface area contributed by atoms with Gasteiger partial charge in [0.05, 0.1) is 0 Å². The summed E-state index contributed by atoms with van der Waals surface area (Å²) >= 11 is 6.08. The van der Waals surface area contributed by atoms with Crippen LogP contribution in [-0.2, 0) is 4.79 Å². The van der Waals surface area contributed by atoms with Crippen LogP contribution in [0.25, 0.3) is 6.08 Å². The highest BCUT2D eigenvalue weighted by atomic mass is 35.5. The minimum Gasteiger partial charge on any atom is -0.457 e. The molecule has 0 aromatic heterocycles. The molecule has 0 heterocycles. The summed E-state index contributed by atoms with van der Waals surface area (Å²) in [6.45, 7) is 0. The molecular formula is C21H16ClNO2. The normalized spacial score (nSPS) is 11.0. The van der Waals surface area contributed by atoms with E-state index in [1.165, 1.54) is 0 Å². The predicted octanol–water partition coefficient (Wildman–Crippen LogP) is 5.70. The van der Waals surface area contributed by atoms with E-state index in [1.54, 1.807) is 30.3 Å². The number of hydrogen-bond acceptors (Lipinski definition) is 2. The monoisotopic (exact) mass is 349 g/mol. The predicted molar refractivity (Wildman–Crippen MR) is 102 cm³/mol. The molecule has 0 fully saturated rings. The Hall–Kier alpha value is -3.04. The van der Waals surface area contributed by atoms with Gasteiger partial charge < -0.3 is 10.1 Å². The highest BCUT2D eigenvalue weighted by Crippen LogP contribution is 2.23. The number of benzene rings is 3. The Morgan fingerprint density at radius 1 is 0.800 bits per heavy atom. The van der Waals surface area contributed by atoms with E-state index in [0.29, 0.717) is 11.4 Å². The van der Waals surface area contributed by atoms with Crippen molar-refractivity contribution in [1.29, 1.82) is 0 Å². The summed E-state index contributed by atoms with van der Waals surface area (Å²) in [5.41, 5.74) is 1.51. The maximum Gasteiger partial charge on any atom is 0.267 e. The zero-order valence-electron chi connectivity index (χ0n) is 13.4. The van der Waals surface area contributed by atoms with Crippen LogP contribution in [-0.4, -0.2) is 5.91 Å². The number of para-hydroxylation sites is 1. The topological polar surface area (TPSA) is 38.3 Å². The quantitative estimate of drug-likeness (QED) is 0.600. The average Bonchev–Trinajstić information content (AvgIpc) is 2.65. The molecule has 0 spiro atoms. The molecule has 0 aliphatic carbocycles. The van der Waals surface area contributed by atoms with Crippen molar-refractivity contribution in [3.8, 4) is 11.5 Å². The lowest BCUT2D eigenvalue weighted by molar-refractivity contribution is -0.112. The molecule has 4 heteroatoms. The molecule has 0 bridgehead atoms. The smallest absolute Gasteiger partial charge is 0.267 e. The van der Waals surface area contributed by atoms with E-state index in [0.717, 1.165) is 11.3 Å². The van der Waals surface area contributed by atoms with Crippen molar-refractivity contribution in [2.75, 3.05) is 5.32 Å². The van der Waals surface area contributed by atoms with Gasteiger partial charge in [0.2, 0.25) is 0 Å². The number of ether oxygens (including phenoxy) is 1. The number of halogens is 1. The van der Waals surface area contributed by atoms with E-state index < -0.39 is 0 Å². The van der Waals surface area contributed by atoms with Crippen molar-refractivity contribution in [2.45, 2.75) is 0 Å². The molecule has 3 nitrogen and oxygen atoms in total. The van der Waals surface area contributed by atoms with Crippen LogP contribution in [0.3, 0.4) is 0 Å². The van der Waals surface area contributed by atoms with Gasteiger partial charge in [-0.3, -0.25) is 4.79 Å². The molecule has 0 unspecified atom stereocenters. The van der Waals surface area contributed by atoms with Gasteiger partial charge in [-0.15, -0.1) is 0 Å². The molecule has 124 valence electrons. The Bertz CT molecular complexity index is 859. The van der Waals surface area contributed by atoms with Crippen LogP contribution in [0.4, 0.5) is 5.69 Å². The SMILES string of the molecule is O=C(Nc1ccc(Oc2ccccc2)cc1)C(Cl)=Cc1ccccc1. The second kappa shape index (κ2) is 8.18. The van der Waals surface area contributed by atoms with Crippen molar-refractivity contribution >= 4 is 29.3 Å². The van der Waals surface area contributed by atoms with Crippen LogP contribution >= 0.6 is 11.6 Å². The summed E-state index contributed by atoms with van der Waals surface area (Å²) in [7, 11) is 0. The largest absolute Gasteiger partial charge is 0.457 e. The first-order chi connectivity index (χ1) is 12.2. The third kappa shape index (κ3) is 4.96. The lowest BCUT2D eigenvalue weighted by Crippen LogP contribution is -2.11. The summed E-state index contributed by atoms with van der Waals surface area (Å²) in [5, 5.41) is 2.88. The molecular weight excluding hydrogens is 334 g/mol. The third-order valence-electron chi connectivity index (χ3n) is 3.40. The fourth-order valence-electron chi connectivity index (χ4n) is 2.18. The molecule has 1 amide bonds. The van der Waals surface area contributed by atoms with Gasteiger partial charge in [-0.05, 0) is 48.0 Å². The van der Waals surface area contributed by atoms with Gasteiger partial charge in [0.25, 0.3) is 5.91 Å². The standard InChI is InChI=1S/C21H16ClNO2/c22-20(15-16-7-3-1-4-8-16)21(24)23-17-11-13-19(14-12-17)25-18-9-5-2-6-10-18/h1-15H,(H,23,24). The molecule has 1 N–H and O–H groups in total. The summed E-state index contributed by atoms with van der Waals surface area (Å²) in [6, 6.07) is 26.1. The number of rotatable bonds is 5. The molecule has 0 saturated carbocycles. The van der Waals surface area contributed by atoms with Crippen molar-refractivity contribution in [1.82, 2.24) is 0 Å². The molecule has 0 aliphatic rings. The summed E-state index contributed by atoms with van der Waals surface area (Å²) in [5.74, 6) is 1.09. The second-order valence-electron chi connectivity index (χ2n) is 5.30. The van der Waals surface area contributed by atoms with Crippen molar-refractivity contribution in [3.05, 3.63) is 95.5 Å². The van der Waals surface area contributed by atoms with E-state index in [1.807, 2.05) is 60.7 Å². The maximum absolute atomic E-state index is 12.2. The highest BCUT2D eigenvalue weighted by molar-refractivity contribution is 6.45. The second-order valence-corrected chi connectivity index (χ2v) is 5.70. The molecule has 0 atom stereocenters. The number of anilines is 1. The van der Waals surface area contributed by atoms with Gasteiger partial charge in [-0.2, -0.15) is 0 Å². The molecule has 3 rings (SSSR count). The van der Waals surface area contributed by atoms with Crippen LogP contribution in [0.1, 0.15) is 5.56 Å². The average molecular weight is 350 g/mol. The lowest BCUT2D eigenvalue weighted by atomic mass is 10.2. The van der Waals surface area contributed by atoms with E-state index in [4.69, 9.17) is 16.3 Å². The Kier molecular flexibility index (Phi) is 5.50. The van der Waals surface area contributed by atoms with Gasteiger partial charge in [-0.1, -0.05) is 60.1 Å². The van der Waals surface area contributed by atoms with E-state index in [9.17, 15) is 4.79 Å². The zero-order valence-corrected chi connectivity index (χ0v) is 14.1. The van der Waals surface area contributed by atoms with Crippen LogP contribution < -0.4 is 10.1 Å². The highest BCUT2D eigenvalue weighted by Gasteiger charge is 2.07. The van der Waals surface area contributed by atoms with Crippen LogP contribution in [0.2, 0.25) is 0 Å². The lowest BCUT2D eigenvalue weighted by Gasteiger charge is -2.08. The van der Waals surface area contributed by atoms with E-state index in [2.05, 4.69) is 5.32 Å². The van der Waals surface area contributed by atoms with Gasteiger partial charge in [-0.25, -0.2) is 0 Å². The molecule has 25 heavy (non-hydrogen) atoms. The number of nitrogens with one attached hydrogen (secondary N) is 1. The summed E-state index contributed by atoms with van der Waals surface area (Å²) < 4.78 is 5.71. The van der Waals surface area contributed by atoms with Crippen molar-refractivity contribution in [2.24, 2.45) is 0 Å². The maximum atomic E-state index is 12.2. The first kappa shape index (κ1) is 16.8. The molecule has 3 aromatic carbocycles. The van der Waals surface area contributed by atoms with Crippen molar-refractivity contribution < 1.29 is 9.53 Å². The van der Waals surface area contributed by atoms with Crippen LogP contribution in [0, 0.1) is 0 Å². The van der Waals surface area contributed by atoms with E-state index >= 15 is 0 Å². The van der Waals surface area contributed by atoms with Gasteiger partial charge >= 0.3 is 0 Å². The Labute approximate surface area is 151 Å². The minimum atomic E-state index is -0.359. The Balaban J connectivity index is 1.63. The fraction of sp³-hybridized carbons (Fsp3) is 0. The molecule has 3 aromatic rings. The number of amides is 1. The summed E-state index contributed by atoms with van der Waals surface area (Å²) in [4.78, 5) is 12.2. The van der Waals surface area contributed by atoms with Crippen LogP contribution in [0.15, 0.2) is 90.0 Å². The minimum absolute atomic E-state index is 0.121. The third-order valence-corrected chi connectivity index (χ3v) is 3.68. The zero-order chi connectivity index (χ0) is 17.5. The van der Waals surface area contributed by atoms with Crippen LogP contribution in [0.5, 0.6) is 11.5 Å². The molecule has 0 saturated heterocycles. The summed E-state index contributed by atoms with van der Waals surface area (Å²) in [6.07, 6.45) is 1.63. The Morgan fingerprint density at radius 3 is 2.00 bits per heavy atom. The number of hydrogen-bond donors (Lipinski definition) is 1. The van der Waals surface area contributed by atoms with Gasteiger partial charge in [0.15, 0.2) is 0 Å². The first-order valence-corrected chi connectivity index (χ1v) is 8.15. The molecule has 0 radical (unpaired) electrons. The van der Waals surface area contributed by atoms with E-state index in [-0.39, 0.29) is 10.9 Å². The number of carbonyl (C=O) groups is 1. The van der Waals surface area contributed by atoms with Gasteiger partial charge in [0, 0.05) is 5.69 Å². The first-order valence-electron chi connectivity index (χ1n) is 7.77. The number of carbonyl (C=O) groups excluding carboxylic acids is 1. The Morgan fingerprint density at radius 2 is 1.36 bits per heavy atom.